The summed E-state index contributed by atoms with van der Waals surface area (Å²) in [5, 5.41) is 3.79. The SMILES string of the molecule is CCc1cccc(NC2CCCCC2C(C)C)c1. The minimum absolute atomic E-state index is 0.672. The maximum Gasteiger partial charge on any atom is 0.0345 e. The average molecular weight is 245 g/mol. The smallest absolute Gasteiger partial charge is 0.0345 e. The molecular weight excluding hydrogens is 218 g/mol. The van der Waals surface area contributed by atoms with Gasteiger partial charge in [0.25, 0.3) is 0 Å². The van der Waals surface area contributed by atoms with Gasteiger partial charge in [0, 0.05) is 11.7 Å². The maximum absolute atomic E-state index is 3.79. The molecule has 0 spiro atoms. The van der Waals surface area contributed by atoms with Crippen LogP contribution in [0.25, 0.3) is 0 Å². The van der Waals surface area contributed by atoms with Crippen LogP contribution in [-0.2, 0) is 6.42 Å². The summed E-state index contributed by atoms with van der Waals surface area (Å²) in [5.41, 5.74) is 2.74. The zero-order chi connectivity index (χ0) is 13.0. The highest BCUT2D eigenvalue weighted by molar-refractivity contribution is 5.46. The van der Waals surface area contributed by atoms with Crippen molar-refractivity contribution in [2.45, 2.75) is 58.9 Å². The third kappa shape index (κ3) is 3.28. The molecule has 0 heterocycles. The van der Waals surface area contributed by atoms with E-state index in [-0.39, 0.29) is 0 Å². The molecule has 1 heteroatoms. The Bertz CT molecular complexity index is 370. The molecule has 2 rings (SSSR count). The van der Waals surface area contributed by atoms with Crippen LogP contribution < -0.4 is 5.32 Å². The topological polar surface area (TPSA) is 12.0 Å². The van der Waals surface area contributed by atoms with Crippen LogP contribution in [0.1, 0.15) is 52.0 Å². The van der Waals surface area contributed by atoms with Gasteiger partial charge in [0.1, 0.15) is 0 Å². The molecule has 2 unspecified atom stereocenters. The lowest BCUT2D eigenvalue weighted by atomic mass is 9.78. The first-order chi connectivity index (χ1) is 8.70. The lowest BCUT2D eigenvalue weighted by Crippen LogP contribution is -2.35. The first-order valence-corrected chi connectivity index (χ1v) is 7.56. The fourth-order valence-corrected chi connectivity index (χ4v) is 3.23. The Labute approximate surface area is 112 Å². The fourth-order valence-electron chi connectivity index (χ4n) is 3.23. The van der Waals surface area contributed by atoms with E-state index >= 15 is 0 Å². The van der Waals surface area contributed by atoms with E-state index in [0.29, 0.717) is 6.04 Å². The van der Waals surface area contributed by atoms with E-state index in [1.807, 2.05) is 0 Å². The second-order valence-electron chi connectivity index (χ2n) is 6.00. The Balaban J connectivity index is 2.05. The molecule has 1 aliphatic rings. The van der Waals surface area contributed by atoms with Gasteiger partial charge in [0.2, 0.25) is 0 Å². The molecule has 1 fully saturated rings. The van der Waals surface area contributed by atoms with E-state index in [1.165, 1.54) is 36.9 Å². The van der Waals surface area contributed by atoms with Gasteiger partial charge in [-0.1, -0.05) is 45.7 Å². The molecule has 100 valence electrons. The van der Waals surface area contributed by atoms with Crippen LogP contribution >= 0.6 is 0 Å². The normalized spacial score (nSPS) is 24.2. The van der Waals surface area contributed by atoms with E-state index in [0.717, 1.165) is 18.3 Å². The third-order valence-corrected chi connectivity index (χ3v) is 4.36. The summed E-state index contributed by atoms with van der Waals surface area (Å²) in [6.07, 6.45) is 6.64. The Hall–Kier alpha value is -0.980. The predicted molar refractivity (Wildman–Crippen MR) is 80.0 cm³/mol. The van der Waals surface area contributed by atoms with Gasteiger partial charge in [-0.05, 0) is 48.8 Å². The van der Waals surface area contributed by atoms with E-state index in [1.54, 1.807) is 0 Å². The summed E-state index contributed by atoms with van der Waals surface area (Å²) in [7, 11) is 0. The summed E-state index contributed by atoms with van der Waals surface area (Å²) in [6, 6.07) is 9.59. The molecular formula is C17H27N. The molecule has 1 aromatic carbocycles. The van der Waals surface area contributed by atoms with Gasteiger partial charge in [-0.2, -0.15) is 0 Å². The molecule has 0 aliphatic heterocycles. The average Bonchev–Trinajstić information content (AvgIpc) is 2.39. The van der Waals surface area contributed by atoms with Crippen molar-refractivity contribution in [2.24, 2.45) is 11.8 Å². The molecule has 1 N–H and O–H groups in total. The van der Waals surface area contributed by atoms with Crippen molar-refractivity contribution in [3.8, 4) is 0 Å². The minimum Gasteiger partial charge on any atom is -0.382 e. The number of aryl methyl sites for hydroxylation is 1. The number of rotatable bonds is 4. The fraction of sp³-hybridized carbons (Fsp3) is 0.647. The molecule has 0 radical (unpaired) electrons. The number of benzene rings is 1. The van der Waals surface area contributed by atoms with Gasteiger partial charge in [-0.25, -0.2) is 0 Å². The Kier molecular flexibility index (Phi) is 4.68. The standard InChI is InChI=1S/C17H27N/c1-4-14-8-7-9-15(12-14)18-17-11-6-5-10-16(17)13(2)3/h7-9,12-13,16-18H,4-6,10-11H2,1-3H3. The summed E-state index contributed by atoms with van der Waals surface area (Å²) in [4.78, 5) is 0. The van der Waals surface area contributed by atoms with Gasteiger partial charge in [0.15, 0.2) is 0 Å². The molecule has 18 heavy (non-hydrogen) atoms. The minimum atomic E-state index is 0.672. The van der Waals surface area contributed by atoms with Crippen LogP contribution in [0.3, 0.4) is 0 Å². The maximum atomic E-state index is 3.79. The number of hydrogen-bond donors (Lipinski definition) is 1. The van der Waals surface area contributed by atoms with Gasteiger partial charge in [0.05, 0.1) is 0 Å². The first kappa shape index (κ1) is 13.5. The van der Waals surface area contributed by atoms with Crippen LogP contribution in [0, 0.1) is 11.8 Å². The van der Waals surface area contributed by atoms with Crippen molar-refractivity contribution in [3.63, 3.8) is 0 Å². The van der Waals surface area contributed by atoms with Crippen molar-refractivity contribution < 1.29 is 0 Å². The van der Waals surface area contributed by atoms with Crippen molar-refractivity contribution >= 4 is 5.69 Å². The second kappa shape index (κ2) is 6.26. The van der Waals surface area contributed by atoms with Crippen molar-refractivity contribution in [2.75, 3.05) is 5.32 Å². The largest absolute Gasteiger partial charge is 0.382 e. The van der Waals surface area contributed by atoms with E-state index < -0.39 is 0 Å². The van der Waals surface area contributed by atoms with Crippen LogP contribution in [-0.4, -0.2) is 6.04 Å². The third-order valence-electron chi connectivity index (χ3n) is 4.36. The van der Waals surface area contributed by atoms with E-state index in [4.69, 9.17) is 0 Å². The molecule has 0 saturated heterocycles. The Morgan fingerprint density at radius 2 is 2.00 bits per heavy atom. The Morgan fingerprint density at radius 3 is 2.72 bits per heavy atom. The summed E-state index contributed by atoms with van der Waals surface area (Å²) >= 11 is 0. The van der Waals surface area contributed by atoms with Crippen molar-refractivity contribution in [1.29, 1.82) is 0 Å². The second-order valence-corrected chi connectivity index (χ2v) is 6.00. The number of nitrogens with one attached hydrogen (secondary N) is 1. The van der Waals surface area contributed by atoms with Crippen LogP contribution in [0.15, 0.2) is 24.3 Å². The number of anilines is 1. The zero-order valence-electron chi connectivity index (χ0n) is 12.1. The van der Waals surface area contributed by atoms with Gasteiger partial charge in [-0.15, -0.1) is 0 Å². The highest BCUT2D eigenvalue weighted by Gasteiger charge is 2.27. The highest BCUT2D eigenvalue weighted by atomic mass is 14.9. The lowest BCUT2D eigenvalue weighted by Gasteiger charge is -2.35. The van der Waals surface area contributed by atoms with Crippen LogP contribution in [0.4, 0.5) is 5.69 Å². The summed E-state index contributed by atoms with van der Waals surface area (Å²) in [6.45, 7) is 6.96. The molecule has 0 bridgehead atoms. The highest BCUT2D eigenvalue weighted by Crippen LogP contribution is 2.32. The van der Waals surface area contributed by atoms with E-state index in [2.05, 4.69) is 50.4 Å². The monoisotopic (exact) mass is 245 g/mol. The molecule has 1 nitrogen and oxygen atoms in total. The molecule has 0 aromatic heterocycles. The summed E-state index contributed by atoms with van der Waals surface area (Å²) < 4.78 is 0. The van der Waals surface area contributed by atoms with Crippen molar-refractivity contribution in [1.82, 2.24) is 0 Å². The lowest BCUT2D eigenvalue weighted by molar-refractivity contribution is 0.254. The zero-order valence-corrected chi connectivity index (χ0v) is 12.1. The number of hydrogen-bond acceptors (Lipinski definition) is 1. The molecule has 2 atom stereocenters. The first-order valence-electron chi connectivity index (χ1n) is 7.56. The predicted octanol–water partition coefficient (Wildman–Crippen LogP) is 4.88. The quantitative estimate of drug-likeness (QED) is 0.797. The molecule has 1 saturated carbocycles. The van der Waals surface area contributed by atoms with Gasteiger partial charge < -0.3 is 5.32 Å². The van der Waals surface area contributed by atoms with Crippen LogP contribution in [0.5, 0.6) is 0 Å². The van der Waals surface area contributed by atoms with Gasteiger partial charge in [-0.3, -0.25) is 0 Å². The Morgan fingerprint density at radius 1 is 1.22 bits per heavy atom. The van der Waals surface area contributed by atoms with Crippen LogP contribution in [0.2, 0.25) is 0 Å². The van der Waals surface area contributed by atoms with Gasteiger partial charge >= 0.3 is 0 Å². The molecule has 0 amide bonds. The van der Waals surface area contributed by atoms with Crippen molar-refractivity contribution in [3.05, 3.63) is 29.8 Å². The summed E-state index contributed by atoms with van der Waals surface area (Å²) in [5.74, 6) is 1.63. The molecule has 1 aromatic rings. The van der Waals surface area contributed by atoms with E-state index in [9.17, 15) is 0 Å². The molecule has 1 aliphatic carbocycles.